The van der Waals surface area contributed by atoms with Gasteiger partial charge in [-0.3, -0.25) is 4.57 Å². The number of anilines is 1. The highest BCUT2D eigenvalue weighted by atomic mass is 32.2. The van der Waals surface area contributed by atoms with Gasteiger partial charge in [-0.05, 0) is 57.2 Å². The minimum absolute atomic E-state index is 0.0398. The van der Waals surface area contributed by atoms with Crippen LogP contribution >= 0.6 is 19.4 Å². The van der Waals surface area contributed by atoms with Gasteiger partial charge in [0.2, 0.25) is 4.87 Å². The summed E-state index contributed by atoms with van der Waals surface area (Å²) >= 11 is 0.312. The molecule has 35 heavy (non-hydrogen) atoms. The molecule has 1 saturated heterocycles. The number of amidine groups is 1. The number of amides is 2. The lowest BCUT2D eigenvalue weighted by Crippen LogP contribution is -2.63. The van der Waals surface area contributed by atoms with E-state index in [-0.39, 0.29) is 23.9 Å². The predicted octanol–water partition coefficient (Wildman–Crippen LogP) is 6.72. The number of rotatable bonds is 8. The molecule has 2 amide bonds. The number of benzene rings is 2. The summed E-state index contributed by atoms with van der Waals surface area (Å²) in [5.41, 5.74) is 0.111. The van der Waals surface area contributed by atoms with Gasteiger partial charge >= 0.3 is 19.8 Å². The number of para-hydroxylation sites is 1. The first kappa shape index (κ1) is 27.3. The highest BCUT2D eigenvalue weighted by Gasteiger charge is 2.62. The molecular weight excluding hydrogens is 502 g/mol. The van der Waals surface area contributed by atoms with Gasteiger partial charge in [0.1, 0.15) is 0 Å². The van der Waals surface area contributed by atoms with Crippen molar-refractivity contribution in [3.05, 3.63) is 66.2 Å². The molecule has 12 heteroatoms. The molecule has 1 aliphatic rings. The minimum atomic E-state index is -4.90. The van der Waals surface area contributed by atoms with Gasteiger partial charge < -0.3 is 14.4 Å². The molecule has 0 bridgehead atoms. The van der Waals surface area contributed by atoms with E-state index in [2.05, 4.69) is 10.3 Å². The van der Waals surface area contributed by atoms with Gasteiger partial charge in [-0.1, -0.05) is 48.5 Å². The van der Waals surface area contributed by atoms with Crippen molar-refractivity contribution >= 4 is 36.2 Å². The summed E-state index contributed by atoms with van der Waals surface area (Å²) in [6.07, 6.45) is -4.90. The monoisotopic (exact) mass is 529 g/mol. The molecular formula is C23H27F3N3O4PS. The second-order valence-corrected chi connectivity index (χ2v) is 11.8. The molecule has 1 atom stereocenters. The largest absolute Gasteiger partial charge is 0.425 e. The highest BCUT2D eigenvalue weighted by molar-refractivity contribution is 8.15. The van der Waals surface area contributed by atoms with Crippen molar-refractivity contribution in [1.82, 2.24) is 5.32 Å². The third kappa shape index (κ3) is 5.28. The van der Waals surface area contributed by atoms with E-state index in [4.69, 9.17) is 9.05 Å². The summed E-state index contributed by atoms with van der Waals surface area (Å²) in [6, 6.07) is 14.2. The summed E-state index contributed by atoms with van der Waals surface area (Å²) in [5, 5.41) is 0.241. The molecule has 1 N–H and O–H groups in total. The number of urea groups is 1. The number of aliphatic imine (C=N–C) groups is 1. The second kappa shape index (κ2) is 10.3. The fourth-order valence-corrected chi connectivity index (χ4v) is 6.47. The van der Waals surface area contributed by atoms with Gasteiger partial charge in [-0.15, -0.1) is 0 Å². The van der Waals surface area contributed by atoms with Crippen LogP contribution in [0.4, 0.5) is 23.7 Å². The van der Waals surface area contributed by atoms with Crippen molar-refractivity contribution in [3.8, 4) is 0 Å². The van der Waals surface area contributed by atoms with Crippen LogP contribution in [-0.2, 0) is 18.5 Å². The Kier molecular flexibility index (Phi) is 8.06. The molecule has 7 nitrogen and oxygen atoms in total. The van der Waals surface area contributed by atoms with Gasteiger partial charge in [-0.2, -0.15) is 13.2 Å². The Morgan fingerprint density at radius 1 is 1.00 bits per heavy atom. The number of nitrogens with one attached hydrogen (secondary N) is 1. The maximum absolute atomic E-state index is 14.7. The van der Waals surface area contributed by atoms with Crippen LogP contribution in [0.5, 0.6) is 0 Å². The Morgan fingerprint density at radius 2 is 1.51 bits per heavy atom. The summed E-state index contributed by atoms with van der Waals surface area (Å²) in [4.78, 5) is 16.0. The average Bonchev–Trinajstić information content (AvgIpc) is 2.79. The Morgan fingerprint density at radius 3 is 2.00 bits per heavy atom. The zero-order valence-corrected chi connectivity index (χ0v) is 21.4. The van der Waals surface area contributed by atoms with E-state index in [0.717, 1.165) is 4.90 Å². The molecule has 3 rings (SSSR count). The number of carbonyl (C=O) groups is 1. The van der Waals surface area contributed by atoms with Crippen molar-refractivity contribution in [1.29, 1.82) is 0 Å². The van der Waals surface area contributed by atoms with Crippen molar-refractivity contribution < 1.29 is 31.6 Å². The van der Waals surface area contributed by atoms with E-state index in [1.54, 1.807) is 50.2 Å². The van der Waals surface area contributed by atoms with E-state index in [9.17, 15) is 22.5 Å². The second-order valence-electron chi connectivity index (χ2n) is 7.97. The number of nitrogens with zero attached hydrogens (tertiary/aromatic N) is 2. The Labute approximate surface area is 206 Å². The minimum Gasteiger partial charge on any atom is -0.311 e. The predicted molar refractivity (Wildman–Crippen MR) is 132 cm³/mol. The number of thioether (sulfide) groups is 1. The number of halogens is 3. The molecule has 2 aromatic carbocycles. The topological polar surface area (TPSA) is 80.2 Å². The van der Waals surface area contributed by atoms with Crippen LogP contribution in [0, 0.1) is 0 Å². The van der Waals surface area contributed by atoms with Crippen LogP contribution in [0.3, 0.4) is 0 Å². The van der Waals surface area contributed by atoms with E-state index in [1.165, 1.54) is 38.1 Å². The number of carbonyl (C=O) groups excluding carboxylic acids is 1. The van der Waals surface area contributed by atoms with E-state index in [0.29, 0.717) is 17.4 Å². The molecule has 0 spiro atoms. The SMILES string of the molecule is CCOP(=O)(OCC)C(C)(C)N=C1S[C@](c2ccccc2)(C(F)(F)F)NC(=O)N1c1ccccc1. The van der Waals surface area contributed by atoms with Gasteiger partial charge in [0.15, 0.2) is 10.4 Å². The van der Waals surface area contributed by atoms with Crippen LogP contribution in [0.1, 0.15) is 33.3 Å². The van der Waals surface area contributed by atoms with Crippen molar-refractivity contribution in [2.45, 2.75) is 44.0 Å². The molecule has 1 aliphatic heterocycles. The summed E-state index contributed by atoms with van der Waals surface area (Å²) < 4.78 is 68.4. The summed E-state index contributed by atoms with van der Waals surface area (Å²) in [6.45, 7) is 6.21. The summed E-state index contributed by atoms with van der Waals surface area (Å²) in [7, 11) is -3.92. The fraction of sp³-hybridized carbons (Fsp3) is 0.391. The van der Waals surface area contributed by atoms with Gasteiger partial charge in [0.25, 0.3) is 0 Å². The Bertz CT molecular complexity index is 1110. The number of alkyl halides is 3. The normalized spacial score (nSPS) is 20.7. The van der Waals surface area contributed by atoms with E-state index < -0.39 is 30.0 Å². The lowest BCUT2D eigenvalue weighted by atomic mass is 10.1. The van der Waals surface area contributed by atoms with E-state index in [1.807, 2.05) is 0 Å². The maximum Gasteiger partial charge on any atom is 0.425 e. The third-order valence-corrected chi connectivity index (χ3v) is 9.12. The maximum atomic E-state index is 14.7. The smallest absolute Gasteiger partial charge is 0.311 e. The van der Waals surface area contributed by atoms with Crippen LogP contribution in [0.15, 0.2) is 65.7 Å². The first-order chi connectivity index (χ1) is 16.4. The third-order valence-electron chi connectivity index (χ3n) is 5.15. The molecule has 2 aromatic rings. The fourth-order valence-electron chi connectivity index (χ4n) is 3.46. The van der Waals surface area contributed by atoms with Crippen molar-refractivity contribution in [2.24, 2.45) is 4.99 Å². The first-order valence-electron chi connectivity index (χ1n) is 10.9. The van der Waals surface area contributed by atoms with Gasteiger partial charge in [0, 0.05) is 0 Å². The van der Waals surface area contributed by atoms with Gasteiger partial charge in [0.05, 0.1) is 18.9 Å². The van der Waals surface area contributed by atoms with E-state index >= 15 is 0 Å². The molecule has 0 unspecified atom stereocenters. The Hall–Kier alpha value is -2.33. The van der Waals surface area contributed by atoms with Crippen LogP contribution in [0.25, 0.3) is 0 Å². The number of hydrogen-bond donors (Lipinski definition) is 1. The van der Waals surface area contributed by atoms with Crippen molar-refractivity contribution in [3.63, 3.8) is 0 Å². The molecule has 0 saturated carbocycles. The molecule has 1 fully saturated rings. The molecule has 0 aromatic heterocycles. The quantitative estimate of drug-likeness (QED) is 0.384. The van der Waals surface area contributed by atoms with Crippen LogP contribution in [-0.4, -0.2) is 35.9 Å². The average molecular weight is 530 g/mol. The standard InChI is InChI=1S/C23H27F3N3O4PS/c1-5-32-34(31,33-6-2)21(3,4)28-20-29(18-15-11-8-12-16-18)19(30)27-22(35-20,23(24,25)26)17-13-9-7-10-14-17/h7-16H,5-6H2,1-4H3,(H,27,30)/t22-/m1/s1. The van der Waals surface area contributed by atoms with Crippen LogP contribution < -0.4 is 10.2 Å². The molecule has 0 aliphatic carbocycles. The molecule has 0 radical (unpaired) electrons. The Balaban J connectivity index is 2.25. The zero-order valence-electron chi connectivity index (χ0n) is 19.7. The van der Waals surface area contributed by atoms with Gasteiger partial charge in [-0.25, -0.2) is 14.7 Å². The molecule has 190 valence electrons. The van der Waals surface area contributed by atoms with Crippen molar-refractivity contribution in [2.75, 3.05) is 18.1 Å². The zero-order chi connectivity index (χ0) is 25.9. The van der Waals surface area contributed by atoms with Crippen LogP contribution in [0.2, 0.25) is 0 Å². The first-order valence-corrected chi connectivity index (χ1v) is 13.2. The summed E-state index contributed by atoms with van der Waals surface area (Å²) in [5.74, 6) is 0. The molecule has 1 heterocycles. The lowest BCUT2D eigenvalue weighted by molar-refractivity contribution is -0.167. The highest BCUT2D eigenvalue weighted by Crippen LogP contribution is 2.61. The lowest BCUT2D eigenvalue weighted by Gasteiger charge is -2.44. The number of hydrogen-bond acceptors (Lipinski definition) is 6.